The van der Waals surface area contributed by atoms with Gasteiger partial charge in [-0.3, -0.25) is 19.3 Å². The van der Waals surface area contributed by atoms with E-state index in [0.29, 0.717) is 32.7 Å². The summed E-state index contributed by atoms with van der Waals surface area (Å²) in [5.41, 5.74) is -1.23. The first-order valence-corrected chi connectivity index (χ1v) is 11.8. The molecule has 0 bridgehead atoms. The molecule has 1 unspecified atom stereocenters. The molecule has 0 aliphatic carbocycles. The number of fused-ring (bicyclic) bond motifs is 2. The van der Waals surface area contributed by atoms with E-state index in [0.717, 1.165) is 19.6 Å². The summed E-state index contributed by atoms with van der Waals surface area (Å²) < 4.78 is 17.1. The van der Waals surface area contributed by atoms with Gasteiger partial charge in [0.25, 0.3) is 0 Å². The summed E-state index contributed by atoms with van der Waals surface area (Å²) in [6.07, 6.45) is 6.92. The first-order chi connectivity index (χ1) is 16.1. The number of amides is 2. The highest BCUT2D eigenvalue weighted by Crippen LogP contribution is 2.53. The fraction of sp³-hybridized carbons (Fsp3) is 0.696. The third-order valence-electron chi connectivity index (χ3n) is 7.34. The van der Waals surface area contributed by atoms with Crippen LogP contribution in [0.5, 0.6) is 0 Å². The first-order valence-electron chi connectivity index (χ1n) is 11.8. The van der Waals surface area contributed by atoms with Gasteiger partial charge >= 0.3 is 5.97 Å². The lowest BCUT2D eigenvalue weighted by Crippen LogP contribution is -2.56. The van der Waals surface area contributed by atoms with Gasteiger partial charge in [-0.05, 0) is 12.5 Å². The number of nitrogens with zero attached hydrogens (tertiary/aromatic N) is 3. The summed E-state index contributed by atoms with van der Waals surface area (Å²) in [5, 5.41) is 9.40. The van der Waals surface area contributed by atoms with E-state index in [-0.39, 0.29) is 31.6 Å². The van der Waals surface area contributed by atoms with E-state index in [2.05, 4.69) is 4.90 Å². The number of carbonyl (C=O) groups excluding carboxylic acids is 3. The molecule has 10 heteroatoms. The topological polar surface area (TPSA) is 109 Å². The monoisotopic (exact) mass is 461 g/mol. The zero-order valence-corrected chi connectivity index (χ0v) is 18.6. The molecule has 2 amide bonds. The number of aliphatic hydroxyl groups is 1. The third kappa shape index (κ3) is 3.78. The Morgan fingerprint density at radius 3 is 2.67 bits per heavy atom. The van der Waals surface area contributed by atoms with Crippen molar-refractivity contribution in [1.29, 1.82) is 0 Å². The summed E-state index contributed by atoms with van der Waals surface area (Å²) in [5.74, 6) is -2.58. The van der Waals surface area contributed by atoms with Crippen molar-refractivity contribution in [3.63, 3.8) is 0 Å². The number of cyclic esters (lactones) is 1. The number of hydrogen-bond donors (Lipinski definition) is 1. The van der Waals surface area contributed by atoms with E-state index in [4.69, 9.17) is 14.2 Å². The van der Waals surface area contributed by atoms with E-state index < -0.39 is 35.6 Å². The minimum atomic E-state index is -1.23. The molecule has 3 saturated heterocycles. The van der Waals surface area contributed by atoms with Gasteiger partial charge in [0.2, 0.25) is 11.8 Å². The van der Waals surface area contributed by atoms with Crippen LogP contribution in [0, 0.1) is 11.8 Å². The molecule has 0 aromatic rings. The smallest absolute Gasteiger partial charge is 0.313 e. The van der Waals surface area contributed by atoms with Crippen LogP contribution in [0.3, 0.4) is 0 Å². The minimum Gasteiger partial charge on any atom is -0.461 e. The second-order valence-electron chi connectivity index (χ2n) is 9.15. The Bertz CT molecular complexity index is 855. The Labute approximate surface area is 192 Å². The van der Waals surface area contributed by atoms with E-state index in [9.17, 15) is 19.5 Å². The lowest BCUT2D eigenvalue weighted by molar-refractivity contribution is -0.153. The van der Waals surface area contributed by atoms with Gasteiger partial charge in [0, 0.05) is 45.9 Å². The number of hydrogen-bond acceptors (Lipinski definition) is 8. The molecule has 0 aromatic carbocycles. The van der Waals surface area contributed by atoms with Crippen molar-refractivity contribution >= 4 is 17.8 Å². The first kappa shape index (κ1) is 22.5. The number of likely N-dealkylation sites (tertiary alicyclic amines) is 1. The van der Waals surface area contributed by atoms with Crippen LogP contribution in [0.15, 0.2) is 24.3 Å². The Morgan fingerprint density at radius 1 is 1.06 bits per heavy atom. The van der Waals surface area contributed by atoms with Gasteiger partial charge in [0.05, 0.1) is 25.2 Å². The predicted octanol–water partition coefficient (Wildman–Crippen LogP) is -1.21. The van der Waals surface area contributed by atoms with Gasteiger partial charge in [0.1, 0.15) is 24.2 Å². The minimum absolute atomic E-state index is 0.101. The number of rotatable bonds is 6. The Kier molecular flexibility index (Phi) is 6.26. The molecule has 3 fully saturated rings. The normalized spacial score (nSPS) is 36.3. The molecule has 33 heavy (non-hydrogen) atoms. The summed E-state index contributed by atoms with van der Waals surface area (Å²) in [6, 6.07) is -0.877. The van der Waals surface area contributed by atoms with Crippen molar-refractivity contribution in [2.45, 2.75) is 24.2 Å². The predicted molar refractivity (Wildman–Crippen MR) is 115 cm³/mol. The zero-order chi connectivity index (χ0) is 23.0. The standard InChI is InChI=1S/C23H31N3O7/c27-12-3-7-26-19-21(29)25(9-8-24-10-14-31-15-11-24)6-2-5-23(19)18(20(26)28)17-16(33-23)4-1-13-32-22(17)30/h1-2,4-5,16-19,27H,3,6-15H2/t16-,17+,18+,19?,23+/m1/s1. The molecule has 5 heterocycles. The van der Waals surface area contributed by atoms with Gasteiger partial charge in [0.15, 0.2) is 0 Å². The highest BCUT2D eigenvalue weighted by atomic mass is 16.6. The molecule has 1 spiro atoms. The van der Waals surface area contributed by atoms with E-state index >= 15 is 0 Å². The van der Waals surface area contributed by atoms with Crippen molar-refractivity contribution in [3.05, 3.63) is 24.3 Å². The molecule has 5 aliphatic rings. The highest BCUT2D eigenvalue weighted by Gasteiger charge is 2.71. The maximum atomic E-state index is 13.9. The van der Waals surface area contributed by atoms with Crippen LogP contribution in [-0.4, -0.2) is 121 Å². The van der Waals surface area contributed by atoms with Crippen LogP contribution in [0.1, 0.15) is 6.42 Å². The quantitative estimate of drug-likeness (QED) is 0.388. The third-order valence-corrected chi connectivity index (χ3v) is 7.34. The van der Waals surface area contributed by atoms with Gasteiger partial charge in [-0.15, -0.1) is 0 Å². The molecular formula is C23H31N3O7. The van der Waals surface area contributed by atoms with Crippen molar-refractivity contribution in [2.75, 3.05) is 65.7 Å². The van der Waals surface area contributed by atoms with E-state index in [1.165, 1.54) is 4.90 Å². The summed E-state index contributed by atoms with van der Waals surface area (Å²) >= 11 is 0. The van der Waals surface area contributed by atoms with Gasteiger partial charge in [-0.2, -0.15) is 0 Å². The van der Waals surface area contributed by atoms with E-state index in [1.807, 2.05) is 12.2 Å². The largest absolute Gasteiger partial charge is 0.461 e. The summed E-state index contributed by atoms with van der Waals surface area (Å²) in [7, 11) is 0. The zero-order valence-electron chi connectivity index (χ0n) is 18.6. The maximum Gasteiger partial charge on any atom is 0.313 e. The Balaban J connectivity index is 1.45. The molecule has 1 N–H and O–H groups in total. The summed E-state index contributed by atoms with van der Waals surface area (Å²) in [6.45, 7) is 4.95. The molecule has 5 atom stereocenters. The lowest BCUT2D eigenvalue weighted by Gasteiger charge is -2.36. The van der Waals surface area contributed by atoms with Gasteiger partial charge in [-0.25, -0.2) is 0 Å². The van der Waals surface area contributed by atoms with Crippen molar-refractivity contribution in [2.24, 2.45) is 11.8 Å². The Morgan fingerprint density at radius 2 is 1.88 bits per heavy atom. The number of esters is 1. The van der Waals surface area contributed by atoms with Crippen LogP contribution in [0.4, 0.5) is 0 Å². The highest BCUT2D eigenvalue weighted by molar-refractivity contribution is 5.99. The second kappa shape index (κ2) is 9.17. The number of ether oxygens (including phenoxy) is 3. The average Bonchev–Trinajstić information content (AvgIpc) is 3.12. The van der Waals surface area contributed by atoms with Crippen LogP contribution in [0.25, 0.3) is 0 Å². The van der Waals surface area contributed by atoms with E-state index in [1.54, 1.807) is 17.1 Å². The number of morpholine rings is 1. The molecule has 180 valence electrons. The van der Waals surface area contributed by atoms with Gasteiger partial charge in [-0.1, -0.05) is 18.2 Å². The SMILES string of the molecule is O=C1OCC=C[C@H]2O[C@]34C=CCN(CCN5CCOCC5)C(=O)C3N(CCCO)C(=O)[C@@H]4[C@@H]12. The van der Waals surface area contributed by atoms with Crippen LogP contribution in [-0.2, 0) is 28.6 Å². The van der Waals surface area contributed by atoms with Crippen molar-refractivity contribution < 1.29 is 33.7 Å². The van der Waals surface area contributed by atoms with Crippen LogP contribution in [0.2, 0.25) is 0 Å². The van der Waals surface area contributed by atoms with Crippen molar-refractivity contribution in [1.82, 2.24) is 14.7 Å². The molecule has 0 radical (unpaired) electrons. The molecule has 10 nitrogen and oxygen atoms in total. The number of aliphatic hydroxyl groups excluding tert-OH is 1. The summed E-state index contributed by atoms with van der Waals surface area (Å²) in [4.78, 5) is 45.9. The lowest BCUT2D eigenvalue weighted by atomic mass is 9.78. The molecule has 0 saturated carbocycles. The van der Waals surface area contributed by atoms with Crippen LogP contribution < -0.4 is 0 Å². The fourth-order valence-electron chi connectivity index (χ4n) is 5.78. The fourth-order valence-corrected chi connectivity index (χ4v) is 5.78. The molecule has 0 aromatic heterocycles. The van der Waals surface area contributed by atoms with Crippen molar-refractivity contribution in [3.8, 4) is 0 Å². The molecule has 5 aliphatic heterocycles. The Hall–Kier alpha value is -2.27. The van der Waals surface area contributed by atoms with Gasteiger partial charge < -0.3 is 29.1 Å². The molecule has 5 rings (SSSR count). The second-order valence-corrected chi connectivity index (χ2v) is 9.15. The average molecular weight is 462 g/mol. The number of carbonyl (C=O) groups is 3. The van der Waals surface area contributed by atoms with Crippen LogP contribution >= 0.6 is 0 Å². The molecular weight excluding hydrogens is 430 g/mol. The maximum absolute atomic E-state index is 13.9.